The third-order valence-electron chi connectivity index (χ3n) is 6.67. The molecule has 0 aliphatic rings. The summed E-state index contributed by atoms with van der Waals surface area (Å²) in [5.41, 5.74) is 6.44. The maximum atomic E-state index is 13.9. The van der Waals surface area contributed by atoms with Gasteiger partial charge in [0.2, 0.25) is 0 Å². The number of hydrogen-bond acceptors (Lipinski definition) is 5. The van der Waals surface area contributed by atoms with E-state index in [1.807, 2.05) is 79.7 Å². The molecular weight excluding hydrogens is 460 g/mol. The molecule has 0 bridgehead atoms. The second kappa shape index (κ2) is 10.6. The number of unbranched alkanes of at least 4 members (excludes halogenated alkanes) is 1. The molecule has 37 heavy (non-hydrogen) atoms. The lowest BCUT2D eigenvalue weighted by Crippen LogP contribution is -2.32. The molecule has 0 amide bonds. The maximum Gasteiger partial charge on any atom is 0.258 e. The summed E-state index contributed by atoms with van der Waals surface area (Å²) < 4.78 is 3.39. The van der Waals surface area contributed by atoms with E-state index in [1.165, 1.54) is 0 Å². The summed E-state index contributed by atoms with van der Waals surface area (Å²) in [7, 11) is 0. The summed E-state index contributed by atoms with van der Waals surface area (Å²) in [6.45, 7) is 4.23. The number of nitriles is 1. The molecule has 7 nitrogen and oxygen atoms in total. The fraction of sp³-hybridized carbons (Fsp3) is 0.233. The largest absolute Gasteiger partial charge is 0.276 e. The van der Waals surface area contributed by atoms with Crippen LogP contribution < -0.4 is 5.56 Å². The first-order chi connectivity index (χ1) is 18.1. The topological polar surface area (TPSA) is 89.4 Å². The van der Waals surface area contributed by atoms with E-state index in [0.717, 1.165) is 52.7 Å². The zero-order valence-corrected chi connectivity index (χ0v) is 21.1. The number of rotatable bonds is 8. The third kappa shape index (κ3) is 4.91. The molecule has 0 aliphatic carbocycles. The maximum absolute atomic E-state index is 13.9. The Morgan fingerprint density at radius 1 is 1.00 bits per heavy atom. The number of aryl methyl sites for hydroxylation is 2. The van der Waals surface area contributed by atoms with E-state index in [0.29, 0.717) is 23.4 Å². The zero-order valence-electron chi connectivity index (χ0n) is 21.1. The molecule has 0 spiro atoms. The van der Waals surface area contributed by atoms with E-state index in [2.05, 4.69) is 23.3 Å². The van der Waals surface area contributed by atoms with E-state index >= 15 is 0 Å². The van der Waals surface area contributed by atoms with Gasteiger partial charge in [0.1, 0.15) is 18.0 Å². The van der Waals surface area contributed by atoms with Gasteiger partial charge in [0.15, 0.2) is 0 Å². The van der Waals surface area contributed by atoms with E-state index < -0.39 is 0 Å². The average molecular weight is 489 g/mol. The summed E-state index contributed by atoms with van der Waals surface area (Å²) in [6, 6.07) is 25.8. The van der Waals surface area contributed by atoms with Crippen LogP contribution in [0, 0.1) is 18.3 Å². The second-order valence-electron chi connectivity index (χ2n) is 9.17. The number of nitrogens with zero attached hydrogens (tertiary/aromatic N) is 6. The predicted molar refractivity (Wildman–Crippen MR) is 144 cm³/mol. The van der Waals surface area contributed by atoms with Crippen molar-refractivity contribution in [3.8, 4) is 17.2 Å². The van der Waals surface area contributed by atoms with Gasteiger partial charge in [-0.15, -0.1) is 5.10 Å². The van der Waals surface area contributed by atoms with Gasteiger partial charge in [0, 0.05) is 12.0 Å². The van der Waals surface area contributed by atoms with Crippen LogP contribution in [0.3, 0.4) is 0 Å². The quantitative estimate of drug-likeness (QED) is 0.297. The second-order valence-corrected chi connectivity index (χ2v) is 9.17. The van der Waals surface area contributed by atoms with Crippen molar-refractivity contribution in [1.29, 1.82) is 5.26 Å². The van der Waals surface area contributed by atoms with Crippen molar-refractivity contribution in [2.45, 2.75) is 46.2 Å². The van der Waals surface area contributed by atoms with Crippen LogP contribution in [0.25, 0.3) is 22.2 Å². The van der Waals surface area contributed by atoms with Gasteiger partial charge in [-0.05, 0) is 54.7 Å². The minimum Gasteiger partial charge on any atom is -0.276 e. The van der Waals surface area contributed by atoms with Gasteiger partial charge in [0.05, 0.1) is 22.8 Å². The molecule has 2 aromatic heterocycles. The van der Waals surface area contributed by atoms with E-state index in [1.54, 1.807) is 9.25 Å². The van der Waals surface area contributed by atoms with Gasteiger partial charge >= 0.3 is 0 Å². The highest BCUT2D eigenvalue weighted by Crippen LogP contribution is 2.25. The number of fused-ring (bicyclic) bond motifs is 1. The Hall–Kier alpha value is -4.57. The monoisotopic (exact) mass is 488 g/mol. The highest BCUT2D eigenvalue weighted by atomic mass is 16.1. The predicted octanol–water partition coefficient (Wildman–Crippen LogP) is 5.27. The molecule has 184 valence electrons. The van der Waals surface area contributed by atoms with Crippen molar-refractivity contribution in [1.82, 2.24) is 24.5 Å². The zero-order chi connectivity index (χ0) is 25.8. The fourth-order valence-corrected chi connectivity index (χ4v) is 4.67. The van der Waals surface area contributed by atoms with E-state index in [-0.39, 0.29) is 12.2 Å². The van der Waals surface area contributed by atoms with Crippen LogP contribution >= 0.6 is 0 Å². The summed E-state index contributed by atoms with van der Waals surface area (Å²) in [6.07, 6.45) is 3.11. The Balaban J connectivity index is 1.55. The van der Waals surface area contributed by atoms with Crippen molar-refractivity contribution >= 4 is 11.0 Å². The Bertz CT molecular complexity index is 1660. The van der Waals surface area contributed by atoms with Gasteiger partial charge in [-0.2, -0.15) is 5.26 Å². The summed E-state index contributed by atoms with van der Waals surface area (Å²) in [4.78, 5) is 18.8. The highest BCUT2D eigenvalue weighted by Gasteiger charge is 2.17. The van der Waals surface area contributed by atoms with Crippen molar-refractivity contribution in [2.75, 3.05) is 0 Å². The molecule has 0 atom stereocenters. The van der Waals surface area contributed by atoms with Gasteiger partial charge in [-0.1, -0.05) is 73.2 Å². The number of aromatic nitrogens is 5. The lowest BCUT2D eigenvalue weighted by molar-refractivity contribution is 0.507. The molecule has 0 aliphatic heterocycles. The van der Waals surface area contributed by atoms with E-state index in [4.69, 9.17) is 4.98 Å². The Morgan fingerprint density at radius 2 is 1.78 bits per heavy atom. The minimum atomic E-state index is -0.0798. The van der Waals surface area contributed by atoms with Gasteiger partial charge in [-0.25, -0.2) is 9.67 Å². The Labute approximate surface area is 215 Å². The molecule has 0 N–H and O–H groups in total. The van der Waals surface area contributed by atoms with Crippen LogP contribution in [0.4, 0.5) is 0 Å². The summed E-state index contributed by atoms with van der Waals surface area (Å²) in [5, 5.41) is 18.3. The molecule has 0 unspecified atom stereocenters. The smallest absolute Gasteiger partial charge is 0.258 e. The first-order valence-corrected chi connectivity index (χ1v) is 12.5. The van der Waals surface area contributed by atoms with Crippen LogP contribution in [0.1, 0.15) is 48.0 Å². The molecule has 5 rings (SSSR count). The van der Waals surface area contributed by atoms with Gasteiger partial charge < -0.3 is 0 Å². The Kier molecular flexibility index (Phi) is 6.91. The summed E-state index contributed by atoms with van der Waals surface area (Å²) in [5.74, 6) is 0.650. The molecule has 0 fully saturated rings. The van der Waals surface area contributed by atoms with Crippen LogP contribution in [0.15, 0.2) is 77.6 Å². The normalized spacial score (nSPS) is 11.1. The van der Waals surface area contributed by atoms with E-state index in [9.17, 15) is 10.1 Å². The molecular formula is C30H28N6O. The molecule has 7 heteroatoms. The third-order valence-corrected chi connectivity index (χ3v) is 6.67. The van der Waals surface area contributed by atoms with Crippen molar-refractivity contribution in [3.05, 3.63) is 111 Å². The lowest BCUT2D eigenvalue weighted by atomic mass is 9.95. The van der Waals surface area contributed by atoms with Crippen LogP contribution in [0.2, 0.25) is 0 Å². The van der Waals surface area contributed by atoms with Gasteiger partial charge in [-0.3, -0.25) is 9.36 Å². The molecule has 0 saturated carbocycles. The standard InChI is InChI=1S/C30H28N6O/c1-3-4-12-27-26(18-22-15-16-25(24(17-22)19-31)23-10-6-5-7-11-23)30(37)35(21(2)32-27)20-36-29-14-9-8-13-28(29)33-34-36/h5-11,13-17H,3-4,12,18,20H2,1-2H3. The molecule has 5 aromatic rings. The number of benzene rings is 3. The highest BCUT2D eigenvalue weighted by molar-refractivity contribution is 5.74. The van der Waals surface area contributed by atoms with Crippen LogP contribution in [-0.4, -0.2) is 24.5 Å². The first kappa shape index (κ1) is 24.1. The van der Waals surface area contributed by atoms with Crippen molar-refractivity contribution in [2.24, 2.45) is 0 Å². The number of hydrogen-bond donors (Lipinski definition) is 0. The van der Waals surface area contributed by atoms with Crippen molar-refractivity contribution in [3.63, 3.8) is 0 Å². The molecule has 2 heterocycles. The summed E-state index contributed by atoms with van der Waals surface area (Å²) >= 11 is 0. The number of para-hydroxylation sites is 1. The molecule has 0 saturated heterocycles. The Morgan fingerprint density at radius 3 is 2.57 bits per heavy atom. The first-order valence-electron chi connectivity index (χ1n) is 12.5. The average Bonchev–Trinajstić information content (AvgIpc) is 3.34. The van der Waals surface area contributed by atoms with Crippen LogP contribution in [-0.2, 0) is 19.5 Å². The molecule has 0 radical (unpaired) electrons. The van der Waals surface area contributed by atoms with Crippen molar-refractivity contribution < 1.29 is 0 Å². The minimum absolute atomic E-state index is 0.0798. The fourth-order valence-electron chi connectivity index (χ4n) is 4.67. The SMILES string of the molecule is CCCCc1nc(C)n(Cn2nnc3ccccc32)c(=O)c1Cc1ccc(-c2ccccc2)c(C#N)c1. The molecule has 3 aromatic carbocycles. The van der Waals surface area contributed by atoms with Gasteiger partial charge in [0.25, 0.3) is 5.56 Å². The lowest BCUT2D eigenvalue weighted by Gasteiger charge is -2.16. The van der Waals surface area contributed by atoms with Crippen LogP contribution in [0.5, 0.6) is 0 Å².